The largest absolute Gasteiger partial charge is 0.455 e. The standard InChI is InChI=1S/C49H33N3O/c1-5-15-32(16-6-1)37-27-38(33-17-7-2-8-18-33)29-39(28-37)40-30-42-45-41-24-14-13-19-34(41)25-26-44(45)53-46(42)43(31-40)49-51-47(35-20-9-3-10-21-35)50-48(52-49)36-22-11-4-12-23-36/h1-3,5-11,13-31H,4,12H2. The van der Waals surface area contributed by atoms with Gasteiger partial charge in [0, 0.05) is 21.9 Å². The highest BCUT2D eigenvalue weighted by atomic mass is 16.3. The molecule has 10 rings (SSSR count). The third-order valence-corrected chi connectivity index (χ3v) is 10.1. The average molecular weight is 680 g/mol. The molecule has 0 atom stereocenters. The lowest BCUT2D eigenvalue weighted by atomic mass is 9.91. The number of furan rings is 1. The summed E-state index contributed by atoms with van der Waals surface area (Å²) in [5.74, 6) is 1.86. The molecule has 53 heavy (non-hydrogen) atoms. The van der Waals surface area contributed by atoms with Crippen LogP contribution in [0.2, 0.25) is 0 Å². The predicted molar refractivity (Wildman–Crippen MR) is 218 cm³/mol. The predicted octanol–water partition coefficient (Wildman–Crippen LogP) is 13.0. The SMILES string of the molecule is C1=CC(c2nc(-c3ccccc3)nc(-c3cc(-c4cc(-c5ccccc5)cc(-c5ccccc5)c4)cc4c3oc3ccc5ccccc5c34)n2)=CCC1. The summed E-state index contributed by atoms with van der Waals surface area (Å²) in [6.07, 6.45) is 8.49. The van der Waals surface area contributed by atoms with Gasteiger partial charge in [-0.1, -0.05) is 140 Å². The molecule has 4 heteroatoms. The van der Waals surface area contributed by atoms with Gasteiger partial charge < -0.3 is 4.42 Å². The van der Waals surface area contributed by atoms with Crippen LogP contribution in [-0.4, -0.2) is 15.0 Å². The van der Waals surface area contributed by atoms with Gasteiger partial charge in [-0.2, -0.15) is 0 Å². The first-order valence-corrected chi connectivity index (χ1v) is 18.1. The Kier molecular flexibility index (Phi) is 7.58. The van der Waals surface area contributed by atoms with E-state index in [9.17, 15) is 0 Å². The summed E-state index contributed by atoms with van der Waals surface area (Å²) in [6, 6.07) is 55.4. The number of benzene rings is 7. The molecule has 0 spiro atoms. The van der Waals surface area contributed by atoms with Crippen LogP contribution in [0, 0.1) is 0 Å². The molecule has 1 aliphatic carbocycles. The second-order valence-corrected chi connectivity index (χ2v) is 13.5. The lowest BCUT2D eigenvalue weighted by molar-refractivity contribution is 0.670. The van der Waals surface area contributed by atoms with Crippen LogP contribution in [0.4, 0.5) is 0 Å². The lowest BCUT2D eigenvalue weighted by Gasteiger charge is -2.14. The molecule has 4 nitrogen and oxygen atoms in total. The van der Waals surface area contributed by atoms with Gasteiger partial charge in [-0.3, -0.25) is 0 Å². The molecule has 7 aromatic carbocycles. The van der Waals surface area contributed by atoms with Gasteiger partial charge in [0.1, 0.15) is 11.2 Å². The Bertz CT molecular complexity index is 2810. The molecule has 2 aromatic heterocycles. The van der Waals surface area contributed by atoms with Crippen molar-refractivity contribution >= 4 is 38.3 Å². The van der Waals surface area contributed by atoms with E-state index in [-0.39, 0.29) is 0 Å². The van der Waals surface area contributed by atoms with E-state index in [1.54, 1.807) is 0 Å². The lowest BCUT2D eigenvalue weighted by Crippen LogP contribution is -2.03. The highest BCUT2D eigenvalue weighted by Crippen LogP contribution is 2.43. The number of rotatable bonds is 6. The molecule has 0 fully saturated rings. The Morgan fingerprint density at radius 3 is 1.70 bits per heavy atom. The van der Waals surface area contributed by atoms with Crippen LogP contribution < -0.4 is 0 Å². The maximum atomic E-state index is 6.83. The first-order chi connectivity index (χ1) is 26.2. The second kappa shape index (κ2) is 13.0. The zero-order valence-corrected chi connectivity index (χ0v) is 28.9. The maximum Gasteiger partial charge on any atom is 0.167 e. The Balaban J connectivity index is 1.29. The second-order valence-electron chi connectivity index (χ2n) is 13.5. The number of nitrogens with zero attached hydrogens (tertiary/aromatic N) is 3. The van der Waals surface area contributed by atoms with Crippen molar-refractivity contribution in [2.75, 3.05) is 0 Å². The van der Waals surface area contributed by atoms with E-state index in [1.807, 2.05) is 30.3 Å². The quantitative estimate of drug-likeness (QED) is 0.175. The molecule has 0 amide bonds. The molecule has 0 N–H and O–H groups in total. The fraction of sp³-hybridized carbons (Fsp3) is 0.0408. The monoisotopic (exact) mass is 679 g/mol. The number of hydrogen-bond donors (Lipinski definition) is 0. The number of allylic oxidation sites excluding steroid dienone is 4. The van der Waals surface area contributed by atoms with Crippen LogP contribution in [0.5, 0.6) is 0 Å². The fourth-order valence-corrected chi connectivity index (χ4v) is 7.49. The van der Waals surface area contributed by atoms with Crippen LogP contribution in [0.1, 0.15) is 18.7 Å². The molecule has 0 saturated heterocycles. The van der Waals surface area contributed by atoms with Gasteiger partial charge in [-0.15, -0.1) is 0 Å². The summed E-state index contributed by atoms with van der Waals surface area (Å²) >= 11 is 0. The van der Waals surface area contributed by atoms with E-state index in [4.69, 9.17) is 19.4 Å². The Morgan fingerprint density at radius 2 is 1.02 bits per heavy atom. The molecular weight excluding hydrogens is 647 g/mol. The van der Waals surface area contributed by atoms with Crippen molar-refractivity contribution in [1.29, 1.82) is 0 Å². The van der Waals surface area contributed by atoms with Crippen LogP contribution in [0.15, 0.2) is 180 Å². The Morgan fingerprint density at radius 1 is 0.434 bits per heavy atom. The Hall–Kier alpha value is -6.91. The summed E-state index contributed by atoms with van der Waals surface area (Å²) in [6.45, 7) is 0. The molecule has 0 saturated carbocycles. The summed E-state index contributed by atoms with van der Waals surface area (Å²) in [5.41, 5.74) is 11.1. The van der Waals surface area contributed by atoms with Crippen LogP contribution in [0.3, 0.4) is 0 Å². The molecule has 1 aliphatic rings. The van der Waals surface area contributed by atoms with Crippen molar-refractivity contribution in [2.24, 2.45) is 0 Å². The highest BCUT2D eigenvalue weighted by Gasteiger charge is 2.22. The fourth-order valence-electron chi connectivity index (χ4n) is 7.49. The molecule has 9 aromatic rings. The van der Waals surface area contributed by atoms with Gasteiger partial charge in [0.05, 0.1) is 5.56 Å². The molecule has 0 radical (unpaired) electrons. The third kappa shape index (κ3) is 5.71. The minimum atomic E-state index is 0.575. The summed E-state index contributed by atoms with van der Waals surface area (Å²) in [4.78, 5) is 15.4. The average Bonchev–Trinajstić information content (AvgIpc) is 3.63. The maximum absolute atomic E-state index is 6.83. The van der Waals surface area contributed by atoms with Crippen molar-refractivity contribution in [3.05, 3.63) is 182 Å². The number of fused-ring (bicyclic) bond motifs is 5. The van der Waals surface area contributed by atoms with E-state index in [0.29, 0.717) is 17.5 Å². The van der Waals surface area contributed by atoms with Crippen molar-refractivity contribution in [3.63, 3.8) is 0 Å². The molecule has 250 valence electrons. The zero-order chi connectivity index (χ0) is 35.1. The van der Waals surface area contributed by atoms with E-state index in [1.165, 1.54) is 0 Å². The summed E-state index contributed by atoms with van der Waals surface area (Å²) in [7, 11) is 0. The topological polar surface area (TPSA) is 51.8 Å². The van der Waals surface area contributed by atoms with Crippen molar-refractivity contribution in [1.82, 2.24) is 15.0 Å². The van der Waals surface area contributed by atoms with Gasteiger partial charge in [0.15, 0.2) is 17.5 Å². The van der Waals surface area contributed by atoms with Gasteiger partial charge in [0.2, 0.25) is 0 Å². The molecule has 0 unspecified atom stereocenters. The first kappa shape index (κ1) is 30.9. The summed E-state index contributed by atoms with van der Waals surface area (Å²) < 4.78 is 6.83. The van der Waals surface area contributed by atoms with Gasteiger partial charge >= 0.3 is 0 Å². The minimum Gasteiger partial charge on any atom is -0.455 e. The minimum absolute atomic E-state index is 0.575. The molecule has 0 bridgehead atoms. The van der Waals surface area contributed by atoms with Crippen molar-refractivity contribution in [2.45, 2.75) is 12.8 Å². The van der Waals surface area contributed by atoms with E-state index < -0.39 is 0 Å². The van der Waals surface area contributed by atoms with Gasteiger partial charge in [-0.05, 0) is 93.4 Å². The molecule has 0 aliphatic heterocycles. The molecule has 2 heterocycles. The van der Waals surface area contributed by atoms with Gasteiger partial charge in [-0.25, -0.2) is 15.0 Å². The zero-order valence-electron chi connectivity index (χ0n) is 28.9. The van der Waals surface area contributed by atoms with Crippen molar-refractivity contribution < 1.29 is 4.42 Å². The van der Waals surface area contributed by atoms with E-state index >= 15 is 0 Å². The number of hydrogen-bond acceptors (Lipinski definition) is 4. The van der Waals surface area contributed by atoms with Gasteiger partial charge in [0.25, 0.3) is 0 Å². The first-order valence-electron chi connectivity index (χ1n) is 18.1. The Labute approximate surface area is 307 Å². The number of aromatic nitrogens is 3. The smallest absolute Gasteiger partial charge is 0.167 e. The summed E-state index contributed by atoms with van der Waals surface area (Å²) in [5, 5.41) is 4.42. The van der Waals surface area contributed by atoms with Crippen LogP contribution in [0.25, 0.3) is 94.4 Å². The van der Waals surface area contributed by atoms with Crippen LogP contribution >= 0.6 is 0 Å². The van der Waals surface area contributed by atoms with E-state index in [2.05, 4.69) is 146 Å². The third-order valence-electron chi connectivity index (χ3n) is 10.1. The normalized spacial score (nSPS) is 12.8. The van der Waals surface area contributed by atoms with Crippen molar-refractivity contribution in [3.8, 4) is 56.2 Å². The van der Waals surface area contributed by atoms with E-state index in [0.717, 1.165) is 95.6 Å². The van der Waals surface area contributed by atoms with Crippen LogP contribution in [-0.2, 0) is 0 Å². The highest BCUT2D eigenvalue weighted by molar-refractivity contribution is 6.21. The molecular formula is C49H33N3O.